The summed E-state index contributed by atoms with van der Waals surface area (Å²) in [6.07, 6.45) is 0.697. The van der Waals surface area contributed by atoms with Crippen molar-refractivity contribution in [2.75, 3.05) is 19.6 Å². The zero-order valence-corrected chi connectivity index (χ0v) is 19.4. The highest BCUT2D eigenvalue weighted by Crippen LogP contribution is 2.22. The van der Waals surface area contributed by atoms with E-state index >= 15 is 0 Å². The van der Waals surface area contributed by atoms with E-state index in [2.05, 4.69) is 5.32 Å². The molecule has 0 aliphatic carbocycles. The van der Waals surface area contributed by atoms with Gasteiger partial charge < -0.3 is 20.1 Å². The molecule has 34 heavy (non-hydrogen) atoms. The molecular weight excluding hydrogens is 452 g/mol. The van der Waals surface area contributed by atoms with Gasteiger partial charge in [-0.05, 0) is 48.0 Å². The number of carbonyl (C=O) groups is 2. The van der Waals surface area contributed by atoms with E-state index < -0.39 is 6.10 Å². The Morgan fingerprint density at radius 3 is 2.35 bits per heavy atom. The Kier molecular flexibility index (Phi) is 7.83. The molecule has 7 heteroatoms. The Morgan fingerprint density at radius 2 is 1.65 bits per heavy atom. The molecule has 1 aliphatic heterocycles. The summed E-state index contributed by atoms with van der Waals surface area (Å²) in [6.45, 7) is 1.25. The number of aliphatic hydroxyl groups excluding tert-OH is 1. The lowest BCUT2D eigenvalue weighted by Gasteiger charge is -2.32. The van der Waals surface area contributed by atoms with Crippen LogP contribution in [0.4, 0.5) is 0 Å². The van der Waals surface area contributed by atoms with E-state index in [1.54, 1.807) is 53.4 Å². The van der Waals surface area contributed by atoms with Crippen LogP contribution in [0.25, 0.3) is 0 Å². The summed E-state index contributed by atoms with van der Waals surface area (Å²) < 4.78 is 6.00. The number of carbonyl (C=O) groups excluding carboxylic acids is 2. The average Bonchev–Trinajstić information content (AvgIpc) is 2.89. The number of likely N-dealkylation sites (tertiary alicyclic amines) is 1. The smallest absolute Gasteiger partial charge is 0.253 e. The van der Waals surface area contributed by atoms with Crippen LogP contribution in [0.3, 0.4) is 0 Å². The molecule has 0 aromatic heterocycles. The van der Waals surface area contributed by atoms with E-state index in [0.717, 1.165) is 24.2 Å². The van der Waals surface area contributed by atoms with Crippen LogP contribution in [0.15, 0.2) is 78.9 Å². The van der Waals surface area contributed by atoms with E-state index in [1.807, 2.05) is 30.3 Å². The van der Waals surface area contributed by atoms with Crippen molar-refractivity contribution in [1.29, 1.82) is 0 Å². The minimum Gasteiger partial charge on any atom is -0.490 e. The third-order valence-electron chi connectivity index (χ3n) is 5.86. The summed E-state index contributed by atoms with van der Waals surface area (Å²) in [7, 11) is 0. The highest BCUT2D eigenvalue weighted by atomic mass is 35.5. The number of halogens is 1. The Balaban J connectivity index is 1.30. The summed E-state index contributed by atoms with van der Waals surface area (Å²) in [5.74, 6) is 0.328. The minimum atomic E-state index is -0.800. The molecule has 1 heterocycles. The lowest BCUT2D eigenvalue weighted by molar-refractivity contribution is 0.0595. The normalized spacial score (nSPS) is 14.9. The maximum Gasteiger partial charge on any atom is 0.253 e. The summed E-state index contributed by atoms with van der Waals surface area (Å²) in [5.41, 5.74) is 1.58. The molecule has 2 amide bonds. The second-order valence-electron chi connectivity index (χ2n) is 8.28. The van der Waals surface area contributed by atoms with Gasteiger partial charge in [0.25, 0.3) is 11.8 Å². The fourth-order valence-corrected chi connectivity index (χ4v) is 4.07. The minimum absolute atomic E-state index is 0.0402. The standard InChI is InChI=1S/C27H27ClN2O4/c28-22-9-11-23(12-10-22)34-24-13-15-30(16-14-24)27(33)21-8-4-7-20(17-21)26(32)29-18-25(31)19-5-2-1-3-6-19/h1-12,17,24-25,31H,13-16,18H2,(H,29,32). The average molecular weight is 479 g/mol. The van der Waals surface area contributed by atoms with Gasteiger partial charge in [-0.3, -0.25) is 9.59 Å². The van der Waals surface area contributed by atoms with Crippen molar-refractivity contribution in [1.82, 2.24) is 10.2 Å². The molecule has 1 aliphatic rings. The quantitative estimate of drug-likeness (QED) is 0.524. The Bertz CT molecular complexity index is 1110. The second-order valence-corrected chi connectivity index (χ2v) is 8.72. The van der Waals surface area contributed by atoms with Gasteiger partial charge in [-0.25, -0.2) is 0 Å². The predicted octanol–water partition coefficient (Wildman–Crippen LogP) is 4.49. The first-order valence-electron chi connectivity index (χ1n) is 11.3. The van der Waals surface area contributed by atoms with Gasteiger partial charge in [-0.2, -0.15) is 0 Å². The van der Waals surface area contributed by atoms with Gasteiger partial charge in [0.2, 0.25) is 0 Å². The Morgan fingerprint density at radius 1 is 0.971 bits per heavy atom. The number of piperidine rings is 1. The van der Waals surface area contributed by atoms with Gasteiger partial charge >= 0.3 is 0 Å². The monoisotopic (exact) mass is 478 g/mol. The fourth-order valence-electron chi connectivity index (χ4n) is 3.94. The molecule has 6 nitrogen and oxygen atoms in total. The fraction of sp³-hybridized carbons (Fsp3) is 0.259. The molecule has 1 saturated heterocycles. The van der Waals surface area contributed by atoms with Crippen molar-refractivity contribution >= 4 is 23.4 Å². The van der Waals surface area contributed by atoms with E-state index in [4.69, 9.17) is 16.3 Å². The number of nitrogens with zero attached hydrogens (tertiary/aromatic N) is 1. The van der Waals surface area contributed by atoms with Crippen LogP contribution in [0.2, 0.25) is 5.02 Å². The Hall–Kier alpha value is -3.35. The number of amides is 2. The molecule has 0 spiro atoms. The number of nitrogens with one attached hydrogen (secondary N) is 1. The zero-order valence-electron chi connectivity index (χ0n) is 18.7. The van der Waals surface area contributed by atoms with E-state index in [-0.39, 0.29) is 24.5 Å². The molecule has 2 N–H and O–H groups in total. The topological polar surface area (TPSA) is 78.9 Å². The van der Waals surface area contributed by atoms with Gasteiger partial charge in [0.15, 0.2) is 0 Å². The molecule has 3 aromatic carbocycles. The van der Waals surface area contributed by atoms with Gasteiger partial charge in [-0.1, -0.05) is 48.0 Å². The summed E-state index contributed by atoms with van der Waals surface area (Å²) in [6, 6.07) is 23.1. The SMILES string of the molecule is O=C(NCC(O)c1ccccc1)c1cccc(C(=O)N2CCC(Oc3ccc(Cl)cc3)CC2)c1. The highest BCUT2D eigenvalue weighted by Gasteiger charge is 2.25. The molecule has 0 bridgehead atoms. The van der Waals surface area contributed by atoms with Crippen LogP contribution in [0.1, 0.15) is 45.2 Å². The second kappa shape index (κ2) is 11.2. The largest absolute Gasteiger partial charge is 0.490 e. The van der Waals surface area contributed by atoms with Crippen LogP contribution >= 0.6 is 11.6 Å². The maximum absolute atomic E-state index is 13.0. The molecule has 176 valence electrons. The highest BCUT2D eigenvalue weighted by molar-refractivity contribution is 6.30. The molecule has 3 aromatic rings. The number of aliphatic hydroxyl groups is 1. The van der Waals surface area contributed by atoms with E-state index in [9.17, 15) is 14.7 Å². The van der Waals surface area contributed by atoms with Crippen LogP contribution in [-0.2, 0) is 0 Å². The summed E-state index contributed by atoms with van der Waals surface area (Å²) in [5, 5.41) is 13.7. The van der Waals surface area contributed by atoms with Gasteiger partial charge in [0.1, 0.15) is 11.9 Å². The lowest BCUT2D eigenvalue weighted by Crippen LogP contribution is -2.41. The summed E-state index contributed by atoms with van der Waals surface area (Å²) in [4.78, 5) is 27.4. The molecule has 1 atom stereocenters. The molecule has 4 rings (SSSR count). The Labute approximate surface area is 204 Å². The first-order valence-corrected chi connectivity index (χ1v) is 11.7. The van der Waals surface area contributed by atoms with Gasteiger partial charge in [-0.15, -0.1) is 0 Å². The lowest BCUT2D eigenvalue weighted by atomic mass is 10.0. The number of hydrogen-bond donors (Lipinski definition) is 2. The summed E-state index contributed by atoms with van der Waals surface area (Å²) >= 11 is 5.92. The van der Waals surface area contributed by atoms with Crippen molar-refractivity contribution in [3.05, 3.63) is 101 Å². The number of ether oxygens (including phenoxy) is 1. The van der Waals surface area contributed by atoms with Crippen LogP contribution in [-0.4, -0.2) is 47.6 Å². The zero-order chi connectivity index (χ0) is 23.9. The van der Waals surface area contributed by atoms with E-state index in [0.29, 0.717) is 29.2 Å². The number of rotatable bonds is 7. The van der Waals surface area contributed by atoms with Gasteiger partial charge in [0, 0.05) is 48.6 Å². The first-order chi connectivity index (χ1) is 16.5. The van der Waals surface area contributed by atoms with Crippen LogP contribution in [0.5, 0.6) is 5.75 Å². The molecule has 0 radical (unpaired) electrons. The van der Waals surface area contributed by atoms with Crippen LogP contribution < -0.4 is 10.1 Å². The molecule has 0 saturated carbocycles. The van der Waals surface area contributed by atoms with Crippen LogP contribution in [0, 0.1) is 0 Å². The third kappa shape index (κ3) is 6.16. The number of benzene rings is 3. The molecule has 1 unspecified atom stereocenters. The third-order valence-corrected chi connectivity index (χ3v) is 6.11. The van der Waals surface area contributed by atoms with Crippen molar-refractivity contribution in [3.63, 3.8) is 0 Å². The van der Waals surface area contributed by atoms with E-state index in [1.165, 1.54) is 0 Å². The van der Waals surface area contributed by atoms with Gasteiger partial charge in [0.05, 0.1) is 6.10 Å². The number of hydrogen-bond acceptors (Lipinski definition) is 4. The van der Waals surface area contributed by atoms with Crippen molar-refractivity contribution < 1.29 is 19.4 Å². The molecular formula is C27H27ClN2O4. The van der Waals surface area contributed by atoms with Crippen molar-refractivity contribution in [2.24, 2.45) is 0 Å². The first kappa shape index (κ1) is 23.8. The molecule has 1 fully saturated rings. The maximum atomic E-state index is 13.0. The predicted molar refractivity (Wildman–Crippen MR) is 131 cm³/mol. The van der Waals surface area contributed by atoms with Crippen molar-refractivity contribution in [3.8, 4) is 5.75 Å². The van der Waals surface area contributed by atoms with Crippen molar-refractivity contribution in [2.45, 2.75) is 25.0 Å².